The van der Waals surface area contributed by atoms with Crippen LogP contribution in [0.3, 0.4) is 0 Å². The van der Waals surface area contributed by atoms with Gasteiger partial charge in [-0.25, -0.2) is 4.99 Å². The Morgan fingerprint density at radius 2 is 1.18 bits per heavy atom. The van der Waals surface area contributed by atoms with E-state index in [1.54, 1.807) is 0 Å². The first-order valence-electron chi connectivity index (χ1n) is 14.9. The molecule has 0 bridgehead atoms. The molecule has 3 heterocycles. The van der Waals surface area contributed by atoms with Gasteiger partial charge in [-0.2, -0.15) is 0 Å². The Labute approximate surface area is 253 Å². The minimum absolute atomic E-state index is 0.238. The average Bonchev–Trinajstić information content (AvgIpc) is 3.66. The molecule has 0 amide bonds. The number of hydrogen-bond donors (Lipinski definition) is 2. The fourth-order valence-electron chi connectivity index (χ4n) is 6.40. The minimum Gasteiger partial charge on any atom is -0.456 e. The summed E-state index contributed by atoms with van der Waals surface area (Å²) in [4.78, 5) is 5.19. The molecule has 2 unspecified atom stereocenters. The van der Waals surface area contributed by atoms with Crippen LogP contribution in [-0.2, 0) is 0 Å². The SMILES string of the molecule is c1ccc(C2=NC(c3ccc4oc5ccc(-c6ccccc6)cc5c4c3)NC(c3cccc4c3oc3ccccc34)N2)cc1. The molecule has 1 aliphatic heterocycles. The Bertz CT molecular complexity index is 2350. The monoisotopic (exact) mass is 569 g/mol. The second-order valence-corrected chi connectivity index (χ2v) is 11.2. The summed E-state index contributed by atoms with van der Waals surface area (Å²) < 4.78 is 12.7. The molecule has 2 atom stereocenters. The molecule has 6 aromatic carbocycles. The third kappa shape index (κ3) is 4.09. The Balaban J connectivity index is 1.17. The molecule has 0 saturated carbocycles. The van der Waals surface area contributed by atoms with Crippen LogP contribution in [0.5, 0.6) is 0 Å². The zero-order chi connectivity index (χ0) is 29.0. The van der Waals surface area contributed by atoms with E-state index in [9.17, 15) is 0 Å². The van der Waals surface area contributed by atoms with Gasteiger partial charge in [0.15, 0.2) is 0 Å². The zero-order valence-electron chi connectivity index (χ0n) is 23.7. The van der Waals surface area contributed by atoms with Gasteiger partial charge in [-0.1, -0.05) is 109 Å². The van der Waals surface area contributed by atoms with Gasteiger partial charge in [0.05, 0.1) is 0 Å². The molecule has 0 radical (unpaired) electrons. The van der Waals surface area contributed by atoms with E-state index in [2.05, 4.69) is 114 Å². The molecule has 1 aliphatic rings. The molecule has 0 aliphatic carbocycles. The number of furan rings is 2. The number of nitrogens with zero attached hydrogens (tertiary/aromatic N) is 1. The van der Waals surface area contributed by atoms with Crippen molar-refractivity contribution in [2.45, 2.75) is 12.3 Å². The van der Waals surface area contributed by atoms with Crippen molar-refractivity contribution in [3.05, 3.63) is 156 Å². The highest BCUT2D eigenvalue weighted by atomic mass is 16.3. The van der Waals surface area contributed by atoms with Crippen molar-refractivity contribution in [2.75, 3.05) is 0 Å². The molecular weight excluding hydrogens is 542 g/mol. The number of para-hydroxylation sites is 2. The summed E-state index contributed by atoms with van der Waals surface area (Å²) in [6.45, 7) is 0. The standard InChI is InChI=1S/C39H27N3O2/c1-3-10-24(11-4-1)26-18-20-34-31(22-26)32-23-27(19-21-35(32)43-34)38-40-37(25-12-5-2-6-13-25)41-39(42-38)30-16-9-15-29-28-14-7-8-17-33(28)44-36(29)30/h1-23,38-39,42H,(H,40,41). The van der Waals surface area contributed by atoms with E-state index in [0.29, 0.717) is 0 Å². The predicted octanol–water partition coefficient (Wildman–Crippen LogP) is 9.49. The number of nitrogens with one attached hydrogen (secondary N) is 2. The lowest BCUT2D eigenvalue weighted by molar-refractivity contribution is 0.408. The second-order valence-electron chi connectivity index (χ2n) is 11.2. The second kappa shape index (κ2) is 9.97. The van der Waals surface area contributed by atoms with Crippen molar-refractivity contribution in [3.63, 3.8) is 0 Å². The molecule has 2 aromatic heterocycles. The predicted molar refractivity (Wildman–Crippen MR) is 178 cm³/mol. The van der Waals surface area contributed by atoms with Gasteiger partial charge in [0.25, 0.3) is 0 Å². The first kappa shape index (κ1) is 24.9. The molecule has 8 aromatic rings. The zero-order valence-corrected chi connectivity index (χ0v) is 23.7. The van der Waals surface area contributed by atoms with Gasteiger partial charge in [0.2, 0.25) is 0 Å². The average molecular weight is 570 g/mol. The molecule has 0 saturated heterocycles. The third-order valence-corrected chi connectivity index (χ3v) is 8.57. The first-order chi connectivity index (χ1) is 21.8. The topological polar surface area (TPSA) is 62.7 Å². The van der Waals surface area contributed by atoms with Crippen molar-refractivity contribution < 1.29 is 8.83 Å². The molecule has 2 N–H and O–H groups in total. The van der Waals surface area contributed by atoms with Crippen LogP contribution in [0.25, 0.3) is 55.0 Å². The Morgan fingerprint density at radius 1 is 0.500 bits per heavy atom. The lowest BCUT2D eigenvalue weighted by Crippen LogP contribution is -2.45. The van der Waals surface area contributed by atoms with Gasteiger partial charge in [0, 0.05) is 32.7 Å². The summed E-state index contributed by atoms with van der Waals surface area (Å²) in [6, 6.07) is 48.1. The van der Waals surface area contributed by atoms with E-state index in [0.717, 1.165) is 72.0 Å². The normalized spacial score (nSPS) is 16.9. The fraction of sp³-hybridized carbons (Fsp3) is 0.0513. The highest BCUT2D eigenvalue weighted by Gasteiger charge is 2.28. The van der Waals surface area contributed by atoms with Gasteiger partial charge in [-0.3, -0.25) is 5.32 Å². The van der Waals surface area contributed by atoms with E-state index >= 15 is 0 Å². The molecule has 210 valence electrons. The maximum Gasteiger partial charge on any atom is 0.142 e. The molecule has 5 nitrogen and oxygen atoms in total. The number of hydrogen-bond acceptors (Lipinski definition) is 5. The van der Waals surface area contributed by atoms with Gasteiger partial charge in [-0.15, -0.1) is 0 Å². The van der Waals surface area contributed by atoms with E-state index in [4.69, 9.17) is 13.8 Å². The van der Waals surface area contributed by atoms with Gasteiger partial charge in [0.1, 0.15) is 40.5 Å². The largest absolute Gasteiger partial charge is 0.456 e. The maximum atomic E-state index is 6.43. The van der Waals surface area contributed by atoms with Crippen LogP contribution in [0.4, 0.5) is 0 Å². The fourth-order valence-corrected chi connectivity index (χ4v) is 6.40. The quantitative estimate of drug-likeness (QED) is 0.222. The summed E-state index contributed by atoms with van der Waals surface area (Å²) in [5.41, 5.74) is 8.95. The van der Waals surface area contributed by atoms with Crippen LogP contribution in [0, 0.1) is 0 Å². The van der Waals surface area contributed by atoms with E-state index in [1.165, 1.54) is 5.56 Å². The van der Waals surface area contributed by atoms with Crippen LogP contribution in [0.2, 0.25) is 0 Å². The van der Waals surface area contributed by atoms with Crippen LogP contribution < -0.4 is 10.6 Å². The summed E-state index contributed by atoms with van der Waals surface area (Å²) >= 11 is 0. The maximum absolute atomic E-state index is 6.43. The Morgan fingerprint density at radius 3 is 2.02 bits per heavy atom. The highest BCUT2D eigenvalue weighted by Crippen LogP contribution is 2.37. The summed E-state index contributed by atoms with van der Waals surface area (Å²) in [5.74, 6) is 0.830. The molecule has 0 fully saturated rings. The number of amidine groups is 1. The number of fused-ring (bicyclic) bond motifs is 6. The van der Waals surface area contributed by atoms with Crippen molar-refractivity contribution in [1.29, 1.82) is 0 Å². The van der Waals surface area contributed by atoms with Crippen LogP contribution >= 0.6 is 0 Å². The van der Waals surface area contributed by atoms with Crippen molar-refractivity contribution in [3.8, 4) is 11.1 Å². The Kier molecular flexibility index (Phi) is 5.64. The number of rotatable bonds is 4. The van der Waals surface area contributed by atoms with Gasteiger partial charge in [-0.05, 0) is 47.0 Å². The molecule has 9 rings (SSSR count). The van der Waals surface area contributed by atoms with E-state index in [-0.39, 0.29) is 12.3 Å². The highest BCUT2D eigenvalue weighted by molar-refractivity contribution is 6.07. The Hall–Kier alpha value is -5.65. The van der Waals surface area contributed by atoms with Crippen molar-refractivity contribution in [2.24, 2.45) is 4.99 Å². The first-order valence-corrected chi connectivity index (χ1v) is 14.9. The van der Waals surface area contributed by atoms with Crippen molar-refractivity contribution >= 4 is 49.7 Å². The number of aliphatic imine (C=N–C) groups is 1. The van der Waals surface area contributed by atoms with Crippen LogP contribution in [-0.4, -0.2) is 5.84 Å². The van der Waals surface area contributed by atoms with E-state index < -0.39 is 0 Å². The summed E-state index contributed by atoms with van der Waals surface area (Å²) in [7, 11) is 0. The molecule has 5 heteroatoms. The van der Waals surface area contributed by atoms with Gasteiger partial charge >= 0.3 is 0 Å². The van der Waals surface area contributed by atoms with Gasteiger partial charge < -0.3 is 14.2 Å². The number of benzene rings is 6. The smallest absolute Gasteiger partial charge is 0.142 e. The van der Waals surface area contributed by atoms with Crippen molar-refractivity contribution in [1.82, 2.24) is 10.6 Å². The molecular formula is C39H27N3O2. The summed E-state index contributed by atoms with van der Waals surface area (Å²) in [6.07, 6.45) is -0.541. The van der Waals surface area contributed by atoms with Crippen LogP contribution in [0.1, 0.15) is 29.0 Å². The minimum atomic E-state index is -0.303. The molecule has 44 heavy (non-hydrogen) atoms. The molecule has 0 spiro atoms. The lowest BCUT2D eigenvalue weighted by atomic mass is 10.0. The van der Waals surface area contributed by atoms with Crippen LogP contribution in [0.15, 0.2) is 153 Å². The van der Waals surface area contributed by atoms with E-state index in [1.807, 2.05) is 36.4 Å². The summed E-state index contributed by atoms with van der Waals surface area (Å²) in [5, 5.41) is 11.8. The lowest BCUT2D eigenvalue weighted by Gasteiger charge is -2.32. The third-order valence-electron chi connectivity index (χ3n) is 8.57.